The molecular formula is C26H20ClNO4. The predicted octanol–water partition coefficient (Wildman–Crippen LogP) is 4.74. The molecule has 0 radical (unpaired) electrons. The standard InChI is InChI=1S/C26H20ClNO4/c1-15-3-10-19(11-4-15)28-23(29)14-21(24(28)30)26(17-6-8-18(27)9-7-17)20-13-16(2)5-12-22(20)32-25(26)31/h3-13,21H,14H2,1-2H3/t21-,26+/m1/s1. The van der Waals surface area contributed by atoms with Crippen molar-refractivity contribution in [3.8, 4) is 5.75 Å². The van der Waals surface area contributed by atoms with E-state index in [9.17, 15) is 14.4 Å². The molecule has 160 valence electrons. The molecule has 32 heavy (non-hydrogen) atoms. The van der Waals surface area contributed by atoms with Gasteiger partial charge in [-0.25, -0.2) is 0 Å². The summed E-state index contributed by atoms with van der Waals surface area (Å²) in [5.74, 6) is -1.85. The lowest BCUT2D eigenvalue weighted by molar-refractivity contribution is -0.141. The van der Waals surface area contributed by atoms with Gasteiger partial charge in [-0.3, -0.25) is 19.3 Å². The Kier molecular flexibility index (Phi) is 4.68. The molecule has 2 amide bonds. The van der Waals surface area contributed by atoms with Gasteiger partial charge < -0.3 is 4.74 Å². The van der Waals surface area contributed by atoms with Crippen LogP contribution in [0.2, 0.25) is 5.02 Å². The van der Waals surface area contributed by atoms with Crippen molar-refractivity contribution in [1.29, 1.82) is 0 Å². The van der Waals surface area contributed by atoms with Crippen LogP contribution in [0.3, 0.4) is 0 Å². The van der Waals surface area contributed by atoms with E-state index in [1.807, 2.05) is 38.1 Å². The molecular weight excluding hydrogens is 426 g/mol. The highest BCUT2D eigenvalue weighted by atomic mass is 35.5. The van der Waals surface area contributed by atoms with Crippen molar-refractivity contribution in [3.05, 3.63) is 94.0 Å². The third-order valence-corrected chi connectivity index (χ3v) is 6.60. The minimum absolute atomic E-state index is 0.0994. The predicted molar refractivity (Wildman–Crippen MR) is 121 cm³/mol. The molecule has 0 saturated carbocycles. The number of aryl methyl sites for hydroxylation is 2. The number of amides is 2. The Balaban J connectivity index is 1.71. The Morgan fingerprint density at radius 3 is 2.25 bits per heavy atom. The molecule has 0 bridgehead atoms. The molecule has 3 aromatic carbocycles. The van der Waals surface area contributed by atoms with Gasteiger partial charge in [0.1, 0.15) is 11.2 Å². The van der Waals surface area contributed by atoms with Crippen molar-refractivity contribution in [2.75, 3.05) is 4.90 Å². The van der Waals surface area contributed by atoms with Gasteiger partial charge in [0, 0.05) is 17.0 Å². The van der Waals surface area contributed by atoms with Crippen LogP contribution in [0.25, 0.3) is 0 Å². The Hall–Kier alpha value is -3.44. The SMILES string of the molecule is Cc1ccc(N2C(=O)C[C@@H]([C@@]3(c4ccc(Cl)cc4)C(=O)Oc4ccc(C)cc43)C2=O)cc1. The number of imide groups is 1. The van der Waals surface area contributed by atoms with E-state index < -0.39 is 23.2 Å². The number of ether oxygens (including phenoxy) is 1. The first-order chi connectivity index (χ1) is 15.3. The molecule has 0 spiro atoms. The van der Waals surface area contributed by atoms with Crippen LogP contribution < -0.4 is 9.64 Å². The Morgan fingerprint density at radius 2 is 1.56 bits per heavy atom. The van der Waals surface area contributed by atoms with E-state index in [4.69, 9.17) is 16.3 Å². The average Bonchev–Trinajstić information content (AvgIpc) is 3.22. The van der Waals surface area contributed by atoms with Crippen molar-refractivity contribution in [3.63, 3.8) is 0 Å². The summed E-state index contributed by atoms with van der Waals surface area (Å²) in [7, 11) is 0. The summed E-state index contributed by atoms with van der Waals surface area (Å²) in [5.41, 5.74) is 2.18. The molecule has 5 nitrogen and oxygen atoms in total. The van der Waals surface area contributed by atoms with Gasteiger partial charge in [-0.15, -0.1) is 0 Å². The molecule has 1 fully saturated rings. The summed E-state index contributed by atoms with van der Waals surface area (Å²) in [4.78, 5) is 41.6. The number of fused-ring (bicyclic) bond motifs is 1. The summed E-state index contributed by atoms with van der Waals surface area (Å²) < 4.78 is 5.66. The van der Waals surface area contributed by atoms with E-state index in [0.29, 0.717) is 27.6 Å². The lowest BCUT2D eigenvalue weighted by atomic mass is 9.65. The largest absolute Gasteiger partial charge is 0.425 e. The second-order valence-electron chi connectivity index (χ2n) is 8.36. The minimum Gasteiger partial charge on any atom is -0.425 e. The number of hydrogen-bond acceptors (Lipinski definition) is 4. The van der Waals surface area contributed by atoms with Crippen molar-refractivity contribution in [2.45, 2.75) is 25.7 Å². The molecule has 2 atom stereocenters. The van der Waals surface area contributed by atoms with Crippen LogP contribution in [-0.2, 0) is 19.8 Å². The number of anilines is 1. The first-order valence-corrected chi connectivity index (χ1v) is 10.7. The minimum atomic E-state index is -1.43. The number of halogens is 1. The zero-order valence-electron chi connectivity index (χ0n) is 17.6. The third kappa shape index (κ3) is 2.88. The summed E-state index contributed by atoms with van der Waals surface area (Å²) in [5, 5.41) is 0.509. The molecule has 0 aromatic heterocycles. The second-order valence-corrected chi connectivity index (χ2v) is 8.80. The van der Waals surface area contributed by atoms with Crippen LogP contribution in [0.4, 0.5) is 5.69 Å². The van der Waals surface area contributed by atoms with E-state index in [-0.39, 0.29) is 12.3 Å². The van der Waals surface area contributed by atoms with Gasteiger partial charge in [0.15, 0.2) is 0 Å². The van der Waals surface area contributed by atoms with Crippen molar-refractivity contribution in [2.24, 2.45) is 5.92 Å². The molecule has 2 aliphatic rings. The normalized spacial score (nSPS) is 22.3. The third-order valence-electron chi connectivity index (χ3n) is 6.35. The van der Waals surface area contributed by atoms with Crippen LogP contribution in [0, 0.1) is 19.8 Å². The second kappa shape index (κ2) is 7.31. The van der Waals surface area contributed by atoms with Gasteiger partial charge in [-0.1, -0.05) is 59.1 Å². The topological polar surface area (TPSA) is 63.7 Å². The quantitative estimate of drug-likeness (QED) is 0.332. The molecule has 6 heteroatoms. The number of rotatable bonds is 3. The van der Waals surface area contributed by atoms with Crippen molar-refractivity contribution in [1.82, 2.24) is 0 Å². The van der Waals surface area contributed by atoms with Crippen molar-refractivity contribution < 1.29 is 19.1 Å². The maximum Gasteiger partial charge on any atom is 0.327 e. The first-order valence-electron chi connectivity index (χ1n) is 10.4. The lowest BCUT2D eigenvalue weighted by Crippen LogP contribution is -2.46. The van der Waals surface area contributed by atoms with Gasteiger partial charge in [0.2, 0.25) is 11.8 Å². The molecule has 2 aliphatic heterocycles. The highest BCUT2D eigenvalue weighted by molar-refractivity contribution is 6.30. The molecule has 0 aliphatic carbocycles. The highest BCUT2D eigenvalue weighted by Gasteiger charge is 2.62. The number of hydrogen-bond donors (Lipinski definition) is 0. The Bertz CT molecular complexity index is 1270. The zero-order valence-corrected chi connectivity index (χ0v) is 18.3. The Labute approximate surface area is 190 Å². The average molecular weight is 446 g/mol. The van der Waals surface area contributed by atoms with E-state index in [1.54, 1.807) is 42.5 Å². The Morgan fingerprint density at radius 1 is 0.906 bits per heavy atom. The van der Waals surface area contributed by atoms with Crippen LogP contribution >= 0.6 is 11.6 Å². The molecule has 2 heterocycles. The van der Waals surface area contributed by atoms with E-state index in [1.165, 1.54) is 4.90 Å². The first kappa shape index (κ1) is 20.5. The summed E-state index contributed by atoms with van der Waals surface area (Å²) in [6, 6.07) is 19.4. The summed E-state index contributed by atoms with van der Waals surface area (Å²) in [6.45, 7) is 3.85. The fourth-order valence-electron chi connectivity index (χ4n) is 4.78. The van der Waals surface area contributed by atoms with Crippen LogP contribution in [-0.4, -0.2) is 17.8 Å². The van der Waals surface area contributed by atoms with E-state index in [2.05, 4.69) is 0 Å². The van der Waals surface area contributed by atoms with Gasteiger partial charge in [-0.05, 0) is 49.7 Å². The maximum absolute atomic E-state index is 13.7. The highest BCUT2D eigenvalue weighted by Crippen LogP contribution is 2.53. The maximum atomic E-state index is 13.7. The number of nitrogens with zero attached hydrogens (tertiary/aromatic N) is 1. The zero-order chi connectivity index (χ0) is 22.6. The molecule has 0 unspecified atom stereocenters. The number of carbonyl (C=O) groups is 3. The number of carbonyl (C=O) groups excluding carboxylic acids is 3. The van der Waals surface area contributed by atoms with Crippen molar-refractivity contribution >= 4 is 35.1 Å². The van der Waals surface area contributed by atoms with Gasteiger partial charge >= 0.3 is 5.97 Å². The smallest absolute Gasteiger partial charge is 0.327 e. The molecule has 3 aromatic rings. The summed E-state index contributed by atoms with van der Waals surface area (Å²) in [6.07, 6.45) is -0.0994. The van der Waals surface area contributed by atoms with Gasteiger partial charge in [-0.2, -0.15) is 0 Å². The molecule has 5 rings (SSSR count). The van der Waals surface area contributed by atoms with Gasteiger partial charge in [0.25, 0.3) is 0 Å². The molecule has 1 saturated heterocycles. The van der Waals surface area contributed by atoms with Gasteiger partial charge in [0.05, 0.1) is 11.6 Å². The number of benzene rings is 3. The summed E-state index contributed by atoms with van der Waals surface area (Å²) >= 11 is 6.11. The fourth-order valence-corrected chi connectivity index (χ4v) is 4.91. The lowest BCUT2D eigenvalue weighted by Gasteiger charge is -2.31. The van der Waals surface area contributed by atoms with Crippen LogP contribution in [0.5, 0.6) is 5.75 Å². The van der Waals surface area contributed by atoms with Crippen LogP contribution in [0.15, 0.2) is 66.7 Å². The van der Waals surface area contributed by atoms with E-state index >= 15 is 0 Å². The number of esters is 1. The van der Waals surface area contributed by atoms with E-state index in [0.717, 1.165) is 11.1 Å². The monoisotopic (exact) mass is 445 g/mol. The molecule has 0 N–H and O–H groups in total. The van der Waals surface area contributed by atoms with Crippen LogP contribution in [0.1, 0.15) is 28.7 Å². The fraction of sp³-hybridized carbons (Fsp3) is 0.192.